The SMILES string of the molecule is Nc1ncnc2c1c(-c1ccc(NC(=O)Nc3cc(C4(C(F)(F)F)CC4)on3)nc1)nn2C1CC1. The fraction of sp³-hybridized carbons (Fsp3) is 0.333. The van der Waals surface area contributed by atoms with E-state index in [0.29, 0.717) is 28.1 Å². The zero-order valence-corrected chi connectivity index (χ0v) is 18.0. The van der Waals surface area contributed by atoms with Gasteiger partial charge in [-0.15, -0.1) is 0 Å². The molecule has 2 amide bonds. The van der Waals surface area contributed by atoms with E-state index in [1.165, 1.54) is 12.5 Å². The van der Waals surface area contributed by atoms with Gasteiger partial charge in [0.15, 0.2) is 17.2 Å². The molecule has 4 aromatic rings. The first-order chi connectivity index (χ1) is 16.7. The zero-order chi connectivity index (χ0) is 24.4. The molecule has 6 rings (SSSR count). The van der Waals surface area contributed by atoms with E-state index in [1.807, 2.05) is 4.68 Å². The van der Waals surface area contributed by atoms with Gasteiger partial charge in [0.05, 0.1) is 11.4 Å². The Hall–Kier alpha value is -4.23. The number of anilines is 3. The highest BCUT2D eigenvalue weighted by atomic mass is 19.4. The number of halogens is 3. The van der Waals surface area contributed by atoms with E-state index in [9.17, 15) is 18.0 Å². The Labute approximate surface area is 194 Å². The number of pyridine rings is 1. The lowest BCUT2D eigenvalue weighted by Gasteiger charge is -2.14. The summed E-state index contributed by atoms with van der Waals surface area (Å²) in [6.07, 6.45) is 0.376. The van der Waals surface area contributed by atoms with Crippen LogP contribution < -0.4 is 16.4 Å². The molecule has 4 N–H and O–H groups in total. The molecular formula is C21H18F3N9O2. The number of amides is 2. The summed E-state index contributed by atoms with van der Waals surface area (Å²) in [7, 11) is 0. The topological polar surface area (TPSA) is 150 Å². The van der Waals surface area contributed by atoms with Crippen molar-refractivity contribution in [3.63, 3.8) is 0 Å². The molecule has 14 heteroatoms. The highest BCUT2D eigenvalue weighted by molar-refractivity contribution is 6.00. The molecule has 11 nitrogen and oxygen atoms in total. The molecule has 0 aromatic carbocycles. The third-order valence-electron chi connectivity index (χ3n) is 6.21. The average molecular weight is 485 g/mol. The number of hydrogen-bond donors (Lipinski definition) is 3. The van der Waals surface area contributed by atoms with Crippen LogP contribution in [-0.4, -0.2) is 42.1 Å². The zero-order valence-electron chi connectivity index (χ0n) is 18.0. The summed E-state index contributed by atoms with van der Waals surface area (Å²) in [4.78, 5) is 24.9. The summed E-state index contributed by atoms with van der Waals surface area (Å²) in [6, 6.07) is 3.91. The van der Waals surface area contributed by atoms with E-state index in [4.69, 9.17) is 10.3 Å². The van der Waals surface area contributed by atoms with Gasteiger partial charge in [-0.25, -0.2) is 24.4 Å². The Kier molecular flexibility index (Phi) is 4.50. The van der Waals surface area contributed by atoms with Gasteiger partial charge in [0, 0.05) is 17.8 Å². The third kappa shape index (κ3) is 3.61. The number of nitrogen functional groups attached to an aromatic ring is 1. The lowest BCUT2D eigenvalue weighted by Crippen LogP contribution is -2.28. The highest BCUT2D eigenvalue weighted by Gasteiger charge is 2.66. The minimum Gasteiger partial charge on any atom is -0.383 e. The summed E-state index contributed by atoms with van der Waals surface area (Å²) in [5, 5.41) is 13.7. The molecule has 0 radical (unpaired) electrons. The van der Waals surface area contributed by atoms with Crippen molar-refractivity contribution in [2.75, 3.05) is 16.4 Å². The van der Waals surface area contributed by atoms with Gasteiger partial charge in [-0.1, -0.05) is 5.16 Å². The molecule has 0 unspecified atom stereocenters. The van der Waals surface area contributed by atoms with Gasteiger partial charge in [-0.2, -0.15) is 18.3 Å². The van der Waals surface area contributed by atoms with Gasteiger partial charge >= 0.3 is 12.2 Å². The van der Waals surface area contributed by atoms with Gasteiger partial charge in [-0.3, -0.25) is 10.6 Å². The molecule has 2 fully saturated rings. The Bertz CT molecular complexity index is 1440. The molecular weight excluding hydrogens is 467 g/mol. The number of carbonyl (C=O) groups is 1. The number of nitrogens with zero attached hydrogens (tertiary/aromatic N) is 6. The van der Waals surface area contributed by atoms with Crippen LogP contribution in [0.2, 0.25) is 0 Å². The van der Waals surface area contributed by atoms with Gasteiger partial charge in [0.25, 0.3) is 0 Å². The molecule has 35 heavy (non-hydrogen) atoms. The van der Waals surface area contributed by atoms with Crippen LogP contribution in [0.4, 0.5) is 35.4 Å². The summed E-state index contributed by atoms with van der Waals surface area (Å²) < 4.78 is 46.4. The van der Waals surface area contributed by atoms with E-state index in [1.54, 1.807) is 12.1 Å². The van der Waals surface area contributed by atoms with Crippen LogP contribution in [0, 0.1) is 0 Å². The molecule has 180 valence electrons. The predicted molar refractivity (Wildman–Crippen MR) is 117 cm³/mol. The van der Waals surface area contributed by atoms with Crippen molar-refractivity contribution in [1.82, 2.24) is 29.9 Å². The summed E-state index contributed by atoms with van der Waals surface area (Å²) in [5.74, 6) is 0.0733. The number of aromatic nitrogens is 6. The first-order valence-electron chi connectivity index (χ1n) is 10.8. The first kappa shape index (κ1) is 21.3. The van der Waals surface area contributed by atoms with Crippen molar-refractivity contribution in [2.45, 2.75) is 43.3 Å². The van der Waals surface area contributed by atoms with Crippen LogP contribution in [-0.2, 0) is 5.41 Å². The summed E-state index contributed by atoms with van der Waals surface area (Å²) >= 11 is 0. The van der Waals surface area contributed by atoms with E-state index in [2.05, 4.69) is 35.8 Å². The van der Waals surface area contributed by atoms with Crippen molar-refractivity contribution >= 4 is 34.5 Å². The maximum Gasteiger partial charge on any atom is 0.401 e. The first-order valence-corrected chi connectivity index (χ1v) is 10.8. The second-order valence-corrected chi connectivity index (χ2v) is 8.65. The second kappa shape index (κ2) is 7.38. The van der Waals surface area contributed by atoms with Gasteiger partial charge in [0.1, 0.15) is 29.1 Å². The quantitative estimate of drug-likeness (QED) is 0.383. The van der Waals surface area contributed by atoms with Gasteiger partial charge < -0.3 is 10.3 Å². The standard InChI is InChI=1S/C21H18F3N9O2/c22-21(23,24)20(5-6-20)12-7-14(32-35-12)30-19(34)29-13-4-1-10(8-26-13)16-15-17(25)27-9-28-18(15)33(31-16)11-2-3-11/h1,4,7-9,11H,2-3,5-6H2,(H2,25,27,28)(H2,26,29,30,32,34). The highest BCUT2D eigenvalue weighted by Crippen LogP contribution is 2.59. The van der Waals surface area contributed by atoms with E-state index in [-0.39, 0.29) is 36.3 Å². The minimum atomic E-state index is -4.44. The van der Waals surface area contributed by atoms with Crippen LogP contribution in [0.1, 0.15) is 37.5 Å². The number of nitrogens with one attached hydrogen (secondary N) is 2. The fourth-order valence-corrected chi connectivity index (χ4v) is 4.00. The number of carbonyl (C=O) groups excluding carboxylic acids is 1. The van der Waals surface area contributed by atoms with Crippen LogP contribution >= 0.6 is 0 Å². The van der Waals surface area contributed by atoms with E-state index in [0.717, 1.165) is 18.9 Å². The molecule has 0 aliphatic heterocycles. The lowest BCUT2D eigenvalue weighted by molar-refractivity contribution is -0.165. The molecule has 0 spiro atoms. The molecule has 2 aliphatic carbocycles. The Balaban J connectivity index is 1.17. The van der Waals surface area contributed by atoms with Crippen molar-refractivity contribution in [2.24, 2.45) is 0 Å². The molecule has 0 saturated heterocycles. The number of nitrogens with two attached hydrogens (primary N) is 1. The Morgan fingerprint density at radius 3 is 2.57 bits per heavy atom. The van der Waals surface area contributed by atoms with Crippen molar-refractivity contribution in [3.8, 4) is 11.3 Å². The monoisotopic (exact) mass is 485 g/mol. The number of hydrogen-bond acceptors (Lipinski definition) is 8. The Morgan fingerprint density at radius 1 is 1.14 bits per heavy atom. The Morgan fingerprint density at radius 2 is 1.91 bits per heavy atom. The van der Waals surface area contributed by atoms with Gasteiger partial charge in [0.2, 0.25) is 0 Å². The smallest absolute Gasteiger partial charge is 0.383 e. The summed E-state index contributed by atoms with van der Waals surface area (Å²) in [6.45, 7) is 0. The van der Waals surface area contributed by atoms with Crippen LogP contribution in [0.3, 0.4) is 0 Å². The molecule has 0 atom stereocenters. The third-order valence-corrected chi connectivity index (χ3v) is 6.21. The van der Waals surface area contributed by atoms with Crippen LogP contribution in [0.5, 0.6) is 0 Å². The normalized spacial score (nSPS) is 16.9. The maximum absolute atomic E-state index is 13.2. The van der Waals surface area contributed by atoms with Crippen molar-refractivity contribution in [3.05, 3.63) is 36.5 Å². The number of rotatable bonds is 5. The molecule has 0 bridgehead atoms. The fourth-order valence-electron chi connectivity index (χ4n) is 4.00. The number of urea groups is 1. The van der Waals surface area contributed by atoms with Crippen molar-refractivity contribution in [1.29, 1.82) is 0 Å². The molecule has 4 heterocycles. The van der Waals surface area contributed by atoms with E-state index < -0.39 is 17.6 Å². The van der Waals surface area contributed by atoms with Gasteiger partial charge in [-0.05, 0) is 37.8 Å². The lowest BCUT2D eigenvalue weighted by atomic mass is 10.0. The minimum absolute atomic E-state index is 0.0699. The van der Waals surface area contributed by atoms with Crippen LogP contribution in [0.15, 0.2) is 35.2 Å². The number of alkyl halides is 3. The maximum atomic E-state index is 13.2. The largest absolute Gasteiger partial charge is 0.401 e. The second-order valence-electron chi connectivity index (χ2n) is 8.65. The molecule has 2 aliphatic rings. The van der Waals surface area contributed by atoms with Crippen LogP contribution in [0.25, 0.3) is 22.3 Å². The predicted octanol–water partition coefficient (Wildman–Crippen LogP) is 4.03. The molecule has 2 saturated carbocycles. The summed E-state index contributed by atoms with van der Waals surface area (Å²) in [5.41, 5.74) is 5.97. The average Bonchev–Trinajstić information content (AvgIpc) is 3.74. The molecule has 4 aromatic heterocycles. The van der Waals surface area contributed by atoms with E-state index >= 15 is 0 Å². The number of fused-ring (bicyclic) bond motifs is 1. The van der Waals surface area contributed by atoms with Crippen molar-refractivity contribution < 1.29 is 22.5 Å².